The molecule has 1 aliphatic rings. The summed E-state index contributed by atoms with van der Waals surface area (Å²) in [6.45, 7) is 3.18. The molecule has 0 unspecified atom stereocenters. The van der Waals surface area contributed by atoms with Crippen LogP contribution in [0, 0.1) is 0 Å². The Hall–Kier alpha value is -1.83. The van der Waals surface area contributed by atoms with Crippen LogP contribution in [0.1, 0.15) is 0 Å². The maximum atomic E-state index is 5.37. The third-order valence-electron chi connectivity index (χ3n) is 3.73. The van der Waals surface area contributed by atoms with Crippen molar-refractivity contribution in [2.24, 2.45) is 0 Å². The van der Waals surface area contributed by atoms with Gasteiger partial charge in [-0.3, -0.25) is 4.98 Å². The minimum Gasteiger partial charge on any atom is -0.378 e. The second-order valence-electron chi connectivity index (χ2n) is 5.39. The number of ether oxygens (including phenoxy) is 1. The van der Waals surface area contributed by atoms with Crippen LogP contribution < -0.4 is 4.90 Å². The van der Waals surface area contributed by atoms with Crippen LogP contribution in [0.5, 0.6) is 0 Å². The van der Waals surface area contributed by atoms with Gasteiger partial charge in [-0.05, 0) is 33.6 Å². The topological polar surface area (TPSA) is 51.1 Å². The minimum absolute atomic E-state index is 0. The summed E-state index contributed by atoms with van der Waals surface area (Å²) >= 11 is 3.67. The maximum Gasteiger partial charge on any atom is 0.166 e. The Balaban J connectivity index is 0.000000297. The Kier molecular flexibility index (Phi) is 8.67. The number of hydrogen-bond acceptors (Lipinski definition) is 5. The summed E-state index contributed by atoms with van der Waals surface area (Å²) in [5.74, 6) is 0.893. The zero-order valence-electron chi connectivity index (χ0n) is 14.2. The normalized spacial score (nSPS) is 13.2. The first-order valence-corrected chi connectivity index (χ1v) is 8.90. The lowest BCUT2D eigenvalue weighted by Crippen LogP contribution is -2.37. The zero-order chi connectivity index (χ0) is 17.3. The van der Waals surface area contributed by atoms with E-state index in [1.807, 2.05) is 36.4 Å². The van der Waals surface area contributed by atoms with Crippen molar-refractivity contribution in [1.82, 2.24) is 15.2 Å². The van der Waals surface area contributed by atoms with Gasteiger partial charge in [0.05, 0.1) is 23.9 Å². The lowest BCUT2D eigenvalue weighted by atomic mass is 10.1. The minimum atomic E-state index is 0. The maximum absolute atomic E-state index is 5.37. The van der Waals surface area contributed by atoms with Crippen molar-refractivity contribution < 1.29 is 4.74 Å². The summed E-state index contributed by atoms with van der Waals surface area (Å²) in [5.41, 5.74) is 2.20. The van der Waals surface area contributed by atoms with Crippen LogP contribution in [0.3, 0.4) is 0 Å². The number of nitrogens with zero attached hydrogens (tertiary/aromatic N) is 4. The molecule has 0 amide bonds. The van der Waals surface area contributed by atoms with E-state index in [0.29, 0.717) is 0 Å². The zero-order valence-corrected chi connectivity index (χ0v) is 17.5. The second kappa shape index (κ2) is 11.0. The van der Waals surface area contributed by atoms with Crippen LogP contribution in [0.4, 0.5) is 5.82 Å². The lowest BCUT2D eigenvalue weighted by Gasteiger charge is -2.28. The van der Waals surface area contributed by atoms with E-state index in [-0.39, 0.29) is 17.0 Å². The van der Waals surface area contributed by atoms with Gasteiger partial charge in [0.1, 0.15) is 0 Å². The fourth-order valence-corrected chi connectivity index (χ4v) is 3.13. The first kappa shape index (κ1) is 20.5. The van der Waals surface area contributed by atoms with Crippen LogP contribution in [0.2, 0.25) is 0 Å². The molecule has 0 N–H and O–H groups in total. The van der Waals surface area contributed by atoms with Gasteiger partial charge >= 0.3 is 0 Å². The second-order valence-corrected chi connectivity index (χ2v) is 6.18. The molecule has 3 heterocycles. The first-order valence-electron chi connectivity index (χ1n) is 8.10. The van der Waals surface area contributed by atoms with E-state index < -0.39 is 0 Å². The van der Waals surface area contributed by atoms with Crippen molar-refractivity contribution in [3.05, 3.63) is 71.6 Å². The SMILES string of the molecule is Br.Brc1c(-c2ccccc2)cnnc1N1CCOCC1.c1ccncc1. The molecule has 1 aromatic carbocycles. The van der Waals surface area contributed by atoms with Crippen molar-refractivity contribution in [3.8, 4) is 11.1 Å². The van der Waals surface area contributed by atoms with Crippen molar-refractivity contribution >= 4 is 38.7 Å². The Labute approximate surface area is 172 Å². The molecule has 0 atom stereocenters. The molecule has 1 aliphatic heterocycles. The fourth-order valence-electron chi connectivity index (χ4n) is 2.47. The third-order valence-corrected chi connectivity index (χ3v) is 4.52. The third kappa shape index (κ3) is 5.59. The molecular formula is C19H20Br2N4O. The number of benzene rings is 1. The molecule has 7 heteroatoms. The molecule has 4 rings (SSSR count). The van der Waals surface area contributed by atoms with E-state index in [1.54, 1.807) is 18.6 Å². The number of hydrogen-bond donors (Lipinski definition) is 0. The van der Waals surface area contributed by atoms with Gasteiger partial charge in [-0.2, -0.15) is 5.10 Å². The average Bonchev–Trinajstić information content (AvgIpc) is 2.71. The Morgan fingerprint density at radius 3 is 2.15 bits per heavy atom. The van der Waals surface area contributed by atoms with Crippen LogP contribution in [0.15, 0.2) is 71.6 Å². The Bertz CT molecular complexity index is 742. The van der Waals surface area contributed by atoms with Crippen molar-refractivity contribution in [3.63, 3.8) is 0 Å². The molecule has 0 bridgehead atoms. The summed E-state index contributed by atoms with van der Waals surface area (Å²) in [6.07, 6.45) is 5.30. The number of pyridine rings is 1. The number of rotatable bonds is 2. The summed E-state index contributed by atoms with van der Waals surface area (Å²) in [4.78, 5) is 5.99. The smallest absolute Gasteiger partial charge is 0.166 e. The predicted molar refractivity (Wildman–Crippen MR) is 113 cm³/mol. The highest BCUT2D eigenvalue weighted by Gasteiger charge is 2.18. The standard InChI is InChI=1S/C14H14BrN3O.C5H5N.BrH/c15-13-12(11-4-2-1-3-5-11)10-16-17-14(13)18-6-8-19-9-7-18;1-2-4-6-5-3-1;/h1-5,10H,6-9H2;1-5H;1H. The highest BCUT2D eigenvalue weighted by molar-refractivity contribution is 9.10. The molecule has 5 nitrogen and oxygen atoms in total. The van der Waals surface area contributed by atoms with E-state index in [0.717, 1.165) is 47.7 Å². The monoisotopic (exact) mass is 478 g/mol. The number of halogens is 2. The summed E-state index contributed by atoms with van der Waals surface area (Å²) < 4.78 is 6.37. The molecule has 0 spiro atoms. The number of aromatic nitrogens is 3. The highest BCUT2D eigenvalue weighted by atomic mass is 79.9. The Morgan fingerprint density at radius 1 is 0.923 bits per heavy atom. The first-order chi connectivity index (χ1) is 12.4. The number of morpholine rings is 1. The molecule has 0 saturated carbocycles. The van der Waals surface area contributed by atoms with E-state index >= 15 is 0 Å². The molecule has 0 radical (unpaired) electrons. The molecule has 3 aromatic rings. The highest BCUT2D eigenvalue weighted by Crippen LogP contribution is 2.33. The van der Waals surface area contributed by atoms with Crippen LogP contribution >= 0.6 is 32.9 Å². The molecule has 2 aromatic heterocycles. The van der Waals surface area contributed by atoms with Gasteiger partial charge in [0.2, 0.25) is 0 Å². The van der Waals surface area contributed by atoms with Crippen molar-refractivity contribution in [1.29, 1.82) is 0 Å². The fraction of sp³-hybridized carbons (Fsp3) is 0.211. The lowest BCUT2D eigenvalue weighted by molar-refractivity contribution is 0.122. The molecule has 1 fully saturated rings. The van der Waals surface area contributed by atoms with Crippen molar-refractivity contribution in [2.45, 2.75) is 0 Å². The van der Waals surface area contributed by atoms with E-state index in [9.17, 15) is 0 Å². The van der Waals surface area contributed by atoms with Crippen LogP contribution in [0.25, 0.3) is 11.1 Å². The molecule has 0 aliphatic carbocycles. The number of anilines is 1. The van der Waals surface area contributed by atoms with Gasteiger partial charge in [-0.15, -0.1) is 22.1 Å². The van der Waals surface area contributed by atoms with Gasteiger partial charge in [-0.1, -0.05) is 36.4 Å². The summed E-state index contributed by atoms with van der Waals surface area (Å²) in [5, 5.41) is 8.40. The molecule has 136 valence electrons. The summed E-state index contributed by atoms with van der Waals surface area (Å²) in [7, 11) is 0. The van der Waals surface area contributed by atoms with Crippen LogP contribution in [-0.4, -0.2) is 41.5 Å². The molecular weight excluding hydrogens is 460 g/mol. The van der Waals surface area contributed by atoms with Gasteiger partial charge in [-0.25, -0.2) is 0 Å². The van der Waals surface area contributed by atoms with Crippen LogP contribution in [-0.2, 0) is 4.74 Å². The molecule has 26 heavy (non-hydrogen) atoms. The van der Waals surface area contributed by atoms with Gasteiger partial charge in [0.15, 0.2) is 5.82 Å². The van der Waals surface area contributed by atoms with Gasteiger partial charge in [0, 0.05) is 31.0 Å². The predicted octanol–water partition coefficient (Wildman–Crippen LogP) is 4.40. The average molecular weight is 480 g/mol. The Morgan fingerprint density at radius 2 is 1.58 bits per heavy atom. The molecule has 1 saturated heterocycles. The quantitative estimate of drug-likeness (QED) is 0.545. The van der Waals surface area contributed by atoms with E-state index in [1.165, 1.54) is 0 Å². The van der Waals surface area contributed by atoms with Crippen molar-refractivity contribution in [2.75, 3.05) is 31.2 Å². The van der Waals surface area contributed by atoms with E-state index in [2.05, 4.69) is 48.1 Å². The largest absolute Gasteiger partial charge is 0.378 e. The summed E-state index contributed by atoms with van der Waals surface area (Å²) in [6, 6.07) is 15.9. The van der Waals surface area contributed by atoms with E-state index in [4.69, 9.17) is 4.74 Å². The van der Waals surface area contributed by atoms with Gasteiger partial charge in [0.25, 0.3) is 0 Å². The van der Waals surface area contributed by atoms with Gasteiger partial charge < -0.3 is 9.64 Å².